The Kier molecular flexibility index (Phi) is 5.74. The number of fused-ring (bicyclic) bond motifs is 1. The van der Waals surface area contributed by atoms with Gasteiger partial charge in [0.05, 0.1) is 11.6 Å². The Hall–Kier alpha value is -3.42. The fourth-order valence-corrected chi connectivity index (χ4v) is 4.90. The molecule has 0 radical (unpaired) electrons. The summed E-state index contributed by atoms with van der Waals surface area (Å²) < 4.78 is 27.7. The van der Waals surface area contributed by atoms with Crippen molar-refractivity contribution in [2.24, 2.45) is 5.92 Å². The minimum absolute atomic E-state index is 0.00630. The van der Waals surface area contributed by atoms with Gasteiger partial charge in [-0.25, -0.2) is 8.78 Å². The smallest absolute Gasteiger partial charge is 0.228 e. The second kappa shape index (κ2) is 8.84. The van der Waals surface area contributed by atoms with Crippen molar-refractivity contribution in [1.82, 2.24) is 14.8 Å². The van der Waals surface area contributed by atoms with E-state index < -0.39 is 0 Å². The van der Waals surface area contributed by atoms with E-state index in [-0.39, 0.29) is 35.8 Å². The Morgan fingerprint density at radius 2 is 1.85 bits per heavy atom. The van der Waals surface area contributed by atoms with Gasteiger partial charge in [-0.05, 0) is 42.3 Å². The first kappa shape index (κ1) is 21.4. The zero-order valence-electron chi connectivity index (χ0n) is 18.3. The van der Waals surface area contributed by atoms with Gasteiger partial charge in [0.15, 0.2) is 0 Å². The SMILES string of the molecule is O=C1C[C@@H](C(=O)N2CCN(c3ccccc3F)CC2)CN1CCc1c[nH]c2ccc(F)cc12. The number of amides is 2. The van der Waals surface area contributed by atoms with E-state index in [2.05, 4.69) is 4.98 Å². The van der Waals surface area contributed by atoms with Crippen LogP contribution < -0.4 is 4.90 Å². The number of carbonyl (C=O) groups is 2. The van der Waals surface area contributed by atoms with Crippen LogP contribution in [0.4, 0.5) is 14.5 Å². The van der Waals surface area contributed by atoms with Crippen LogP contribution in [0.15, 0.2) is 48.7 Å². The zero-order chi connectivity index (χ0) is 22.9. The van der Waals surface area contributed by atoms with E-state index in [1.165, 1.54) is 18.2 Å². The molecular formula is C25H26F2N4O2. The number of carbonyl (C=O) groups excluding carboxylic acids is 2. The lowest BCUT2D eigenvalue weighted by Crippen LogP contribution is -2.51. The number of aromatic nitrogens is 1. The molecule has 0 aliphatic carbocycles. The number of nitrogens with zero attached hydrogens (tertiary/aromatic N) is 3. The Morgan fingerprint density at radius 1 is 1.06 bits per heavy atom. The van der Waals surface area contributed by atoms with Crippen molar-refractivity contribution >= 4 is 28.4 Å². The maximum Gasteiger partial charge on any atom is 0.228 e. The molecule has 172 valence electrons. The Balaban J connectivity index is 1.16. The van der Waals surface area contributed by atoms with Crippen molar-refractivity contribution in [3.05, 3.63) is 65.9 Å². The summed E-state index contributed by atoms with van der Waals surface area (Å²) >= 11 is 0. The van der Waals surface area contributed by atoms with E-state index in [1.54, 1.807) is 34.1 Å². The number of rotatable bonds is 5. The highest BCUT2D eigenvalue weighted by molar-refractivity contribution is 5.89. The molecule has 6 nitrogen and oxygen atoms in total. The molecule has 5 rings (SSSR count). The summed E-state index contributed by atoms with van der Waals surface area (Å²) in [6, 6.07) is 11.3. The van der Waals surface area contributed by atoms with Gasteiger partial charge in [0.25, 0.3) is 0 Å². The van der Waals surface area contributed by atoms with Gasteiger partial charge in [0, 0.05) is 62.8 Å². The second-order valence-electron chi connectivity index (χ2n) is 8.76. The van der Waals surface area contributed by atoms with Crippen LogP contribution in [0.3, 0.4) is 0 Å². The molecule has 2 aliphatic rings. The van der Waals surface area contributed by atoms with E-state index in [0.717, 1.165) is 16.5 Å². The van der Waals surface area contributed by atoms with E-state index >= 15 is 0 Å². The van der Waals surface area contributed by atoms with Crippen LogP contribution in [0.5, 0.6) is 0 Å². The minimum Gasteiger partial charge on any atom is -0.366 e. The standard InChI is InChI=1S/C25H26F2N4O2/c26-19-5-6-22-20(14-19)17(15-28-22)7-8-31-16-18(13-24(31)32)25(33)30-11-9-29(10-12-30)23-4-2-1-3-21(23)27/h1-6,14-15,18,28H,7-13,16H2/t18-/m1/s1. The third kappa shape index (κ3) is 4.29. The van der Waals surface area contributed by atoms with Crippen LogP contribution >= 0.6 is 0 Å². The second-order valence-corrected chi connectivity index (χ2v) is 8.76. The third-order valence-electron chi connectivity index (χ3n) is 6.73. The predicted molar refractivity (Wildman–Crippen MR) is 122 cm³/mol. The number of para-hydroxylation sites is 1. The van der Waals surface area contributed by atoms with Crippen molar-refractivity contribution in [2.45, 2.75) is 12.8 Å². The molecule has 1 N–H and O–H groups in total. The molecule has 0 unspecified atom stereocenters. The molecule has 33 heavy (non-hydrogen) atoms. The first-order valence-corrected chi connectivity index (χ1v) is 11.3. The minimum atomic E-state index is -0.349. The van der Waals surface area contributed by atoms with E-state index in [4.69, 9.17) is 0 Å². The van der Waals surface area contributed by atoms with Crippen LogP contribution in [0.1, 0.15) is 12.0 Å². The van der Waals surface area contributed by atoms with Crippen LogP contribution in [-0.4, -0.2) is 65.9 Å². The van der Waals surface area contributed by atoms with E-state index in [1.807, 2.05) is 11.1 Å². The van der Waals surface area contributed by atoms with Crippen LogP contribution in [0.25, 0.3) is 10.9 Å². The highest BCUT2D eigenvalue weighted by atomic mass is 19.1. The number of hydrogen-bond donors (Lipinski definition) is 1. The van der Waals surface area contributed by atoms with Gasteiger partial charge in [0.2, 0.25) is 11.8 Å². The maximum absolute atomic E-state index is 14.1. The molecular weight excluding hydrogens is 426 g/mol. The number of likely N-dealkylation sites (tertiary alicyclic amines) is 1. The fourth-order valence-electron chi connectivity index (χ4n) is 4.90. The topological polar surface area (TPSA) is 59.7 Å². The molecule has 0 bridgehead atoms. The van der Waals surface area contributed by atoms with Gasteiger partial charge in [0.1, 0.15) is 11.6 Å². The van der Waals surface area contributed by atoms with Gasteiger partial charge in [-0.3, -0.25) is 9.59 Å². The largest absolute Gasteiger partial charge is 0.366 e. The van der Waals surface area contributed by atoms with Crippen molar-refractivity contribution < 1.29 is 18.4 Å². The highest BCUT2D eigenvalue weighted by Gasteiger charge is 2.37. The van der Waals surface area contributed by atoms with Crippen molar-refractivity contribution in [2.75, 3.05) is 44.2 Å². The van der Waals surface area contributed by atoms with Crippen molar-refractivity contribution in [3.8, 4) is 0 Å². The molecule has 0 saturated carbocycles. The maximum atomic E-state index is 14.1. The van der Waals surface area contributed by atoms with E-state index in [0.29, 0.717) is 51.4 Å². The van der Waals surface area contributed by atoms with Gasteiger partial charge < -0.3 is 19.7 Å². The summed E-state index contributed by atoms with van der Waals surface area (Å²) in [6.07, 6.45) is 2.66. The number of benzene rings is 2. The summed E-state index contributed by atoms with van der Waals surface area (Å²) in [5.74, 6) is -0.927. The molecule has 8 heteroatoms. The molecule has 2 fully saturated rings. The van der Waals surface area contributed by atoms with Crippen LogP contribution in [-0.2, 0) is 16.0 Å². The summed E-state index contributed by atoms with van der Waals surface area (Å²) in [4.78, 5) is 34.2. The predicted octanol–water partition coefficient (Wildman–Crippen LogP) is 3.19. The summed E-state index contributed by atoms with van der Waals surface area (Å²) in [6.45, 7) is 3.05. The molecule has 0 spiro atoms. The Bertz CT molecular complexity index is 1190. The molecule has 2 aromatic carbocycles. The lowest BCUT2D eigenvalue weighted by Gasteiger charge is -2.37. The van der Waals surface area contributed by atoms with Crippen LogP contribution in [0, 0.1) is 17.6 Å². The number of anilines is 1. The van der Waals surface area contributed by atoms with Gasteiger partial charge in [-0.1, -0.05) is 12.1 Å². The normalized spacial score (nSPS) is 19.0. The molecule has 1 atom stereocenters. The number of H-pyrrole nitrogens is 1. The first-order valence-electron chi connectivity index (χ1n) is 11.3. The Morgan fingerprint density at radius 3 is 2.64 bits per heavy atom. The quantitative estimate of drug-likeness (QED) is 0.647. The third-order valence-corrected chi connectivity index (χ3v) is 6.73. The lowest BCUT2D eigenvalue weighted by atomic mass is 10.1. The molecule has 3 aromatic rings. The fraction of sp³-hybridized carbons (Fsp3) is 0.360. The van der Waals surface area contributed by atoms with Gasteiger partial charge in [-0.15, -0.1) is 0 Å². The average Bonchev–Trinajstić information content (AvgIpc) is 3.40. The lowest BCUT2D eigenvalue weighted by molar-refractivity contribution is -0.136. The zero-order valence-corrected chi connectivity index (χ0v) is 18.3. The van der Waals surface area contributed by atoms with Crippen LogP contribution in [0.2, 0.25) is 0 Å². The molecule has 3 heterocycles. The van der Waals surface area contributed by atoms with E-state index in [9.17, 15) is 18.4 Å². The van der Waals surface area contributed by atoms with Crippen molar-refractivity contribution in [3.63, 3.8) is 0 Å². The molecule has 2 aliphatic heterocycles. The Labute approximate surface area is 190 Å². The number of aromatic amines is 1. The molecule has 2 amide bonds. The molecule has 2 saturated heterocycles. The first-order chi connectivity index (χ1) is 16.0. The molecule has 1 aromatic heterocycles. The number of hydrogen-bond acceptors (Lipinski definition) is 3. The summed E-state index contributed by atoms with van der Waals surface area (Å²) in [5.41, 5.74) is 2.38. The number of nitrogens with one attached hydrogen (secondary N) is 1. The van der Waals surface area contributed by atoms with Gasteiger partial charge >= 0.3 is 0 Å². The average molecular weight is 453 g/mol. The number of halogens is 2. The summed E-state index contributed by atoms with van der Waals surface area (Å²) in [5, 5.41) is 0.821. The van der Waals surface area contributed by atoms with Crippen molar-refractivity contribution in [1.29, 1.82) is 0 Å². The summed E-state index contributed by atoms with van der Waals surface area (Å²) in [7, 11) is 0. The number of piperazine rings is 1. The highest BCUT2D eigenvalue weighted by Crippen LogP contribution is 2.25. The van der Waals surface area contributed by atoms with Gasteiger partial charge in [-0.2, -0.15) is 0 Å². The monoisotopic (exact) mass is 452 g/mol.